The van der Waals surface area contributed by atoms with Crippen LogP contribution in [0, 0.1) is 17.5 Å². The van der Waals surface area contributed by atoms with E-state index in [2.05, 4.69) is 0 Å². The molecule has 0 aliphatic heterocycles. The van der Waals surface area contributed by atoms with Gasteiger partial charge < -0.3 is 11.5 Å². The van der Waals surface area contributed by atoms with Gasteiger partial charge in [0.05, 0.1) is 5.69 Å². The first-order valence-corrected chi connectivity index (χ1v) is 3.21. The number of nitrogens with two attached hydrogens (primary N) is 2. The summed E-state index contributed by atoms with van der Waals surface area (Å²) in [6.07, 6.45) is 0. The fraction of sp³-hybridized carbons (Fsp3) is 0. The average molecular weight is 197 g/mol. The first kappa shape index (κ1) is 8.99. The summed E-state index contributed by atoms with van der Waals surface area (Å²) in [5.74, 6) is -4.19. The molecular formula is C6H4ClF3N2. The SMILES string of the molecule is Nc1c(F)c(F)c(N)c(Cl)c1F. The maximum atomic E-state index is 12.7. The highest BCUT2D eigenvalue weighted by molar-refractivity contribution is 6.33. The highest BCUT2D eigenvalue weighted by Crippen LogP contribution is 2.32. The Morgan fingerprint density at radius 2 is 1.25 bits per heavy atom. The molecule has 0 atom stereocenters. The molecule has 0 saturated carbocycles. The Kier molecular flexibility index (Phi) is 2.06. The Bertz CT molecular complexity index is 235. The molecule has 2 nitrogen and oxygen atoms in total. The van der Waals surface area contributed by atoms with Crippen molar-refractivity contribution in [1.29, 1.82) is 0 Å². The molecule has 0 aliphatic rings. The number of halogens is 4. The molecule has 1 aromatic rings. The van der Waals surface area contributed by atoms with Crippen molar-refractivity contribution >= 4 is 23.0 Å². The zero-order chi connectivity index (χ0) is 9.46. The van der Waals surface area contributed by atoms with Gasteiger partial charge in [-0.2, -0.15) is 0 Å². The molecule has 1 aromatic carbocycles. The number of hydrogen-bond donors (Lipinski definition) is 2. The largest absolute Gasteiger partial charge is 0.395 e. The smallest absolute Gasteiger partial charge is 0.186 e. The molecule has 0 radical (unpaired) electrons. The lowest BCUT2D eigenvalue weighted by atomic mass is 10.2. The van der Waals surface area contributed by atoms with Crippen LogP contribution >= 0.6 is 11.6 Å². The van der Waals surface area contributed by atoms with Gasteiger partial charge in [0, 0.05) is 0 Å². The highest BCUT2D eigenvalue weighted by atomic mass is 35.5. The van der Waals surface area contributed by atoms with E-state index in [1.807, 2.05) is 0 Å². The molecule has 0 spiro atoms. The second kappa shape index (κ2) is 2.75. The van der Waals surface area contributed by atoms with Crippen LogP contribution in [-0.2, 0) is 0 Å². The van der Waals surface area contributed by atoms with Gasteiger partial charge in [-0.05, 0) is 0 Å². The van der Waals surface area contributed by atoms with Crippen molar-refractivity contribution < 1.29 is 13.2 Å². The van der Waals surface area contributed by atoms with Crippen LogP contribution in [0.5, 0.6) is 0 Å². The summed E-state index contributed by atoms with van der Waals surface area (Å²) in [5, 5.41) is -0.702. The maximum Gasteiger partial charge on any atom is 0.186 e. The van der Waals surface area contributed by atoms with Crippen LogP contribution in [0.25, 0.3) is 0 Å². The van der Waals surface area contributed by atoms with Crippen molar-refractivity contribution in [3.8, 4) is 0 Å². The summed E-state index contributed by atoms with van der Waals surface area (Å²) >= 11 is 5.17. The van der Waals surface area contributed by atoms with E-state index in [-0.39, 0.29) is 0 Å². The summed E-state index contributed by atoms with van der Waals surface area (Å²) < 4.78 is 37.8. The zero-order valence-electron chi connectivity index (χ0n) is 5.67. The van der Waals surface area contributed by atoms with Crippen molar-refractivity contribution in [3.63, 3.8) is 0 Å². The number of anilines is 2. The third-order valence-electron chi connectivity index (χ3n) is 1.33. The van der Waals surface area contributed by atoms with Gasteiger partial charge in [0.25, 0.3) is 0 Å². The van der Waals surface area contributed by atoms with Crippen molar-refractivity contribution in [2.45, 2.75) is 0 Å². The minimum Gasteiger partial charge on any atom is -0.395 e. The molecule has 0 aliphatic carbocycles. The van der Waals surface area contributed by atoms with Crippen molar-refractivity contribution in [2.75, 3.05) is 11.5 Å². The van der Waals surface area contributed by atoms with Gasteiger partial charge in [-0.25, -0.2) is 13.2 Å². The monoisotopic (exact) mass is 196 g/mol. The van der Waals surface area contributed by atoms with Crippen LogP contribution in [0.1, 0.15) is 0 Å². The molecule has 0 aromatic heterocycles. The topological polar surface area (TPSA) is 52.0 Å². The molecular weight excluding hydrogens is 193 g/mol. The molecule has 0 bridgehead atoms. The van der Waals surface area contributed by atoms with E-state index in [1.165, 1.54) is 0 Å². The van der Waals surface area contributed by atoms with E-state index < -0.39 is 33.8 Å². The van der Waals surface area contributed by atoms with E-state index in [1.54, 1.807) is 0 Å². The standard InChI is InChI=1S/C6H4ClF3N2/c7-1-2(8)6(12)4(10)3(9)5(1)11/h11-12H2. The molecule has 0 heterocycles. The first-order valence-electron chi connectivity index (χ1n) is 2.83. The van der Waals surface area contributed by atoms with Crippen molar-refractivity contribution in [1.82, 2.24) is 0 Å². The van der Waals surface area contributed by atoms with Crippen LogP contribution in [0.15, 0.2) is 0 Å². The Labute approximate surface area is 70.9 Å². The molecule has 12 heavy (non-hydrogen) atoms. The summed E-state index contributed by atoms with van der Waals surface area (Å²) in [6.45, 7) is 0. The second-order valence-electron chi connectivity index (χ2n) is 2.08. The van der Waals surface area contributed by atoms with E-state index in [0.29, 0.717) is 0 Å². The van der Waals surface area contributed by atoms with Gasteiger partial charge in [-0.3, -0.25) is 0 Å². The highest BCUT2D eigenvalue weighted by Gasteiger charge is 2.19. The van der Waals surface area contributed by atoms with Crippen LogP contribution in [0.4, 0.5) is 24.5 Å². The lowest BCUT2D eigenvalue weighted by Crippen LogP contribution is -2.04. The van der Waals surface area contributed by atoms with Crippen LogP contribution in [0.3, 0.4) is 0 Å². The molecule has 4 N–H and O–H groups in total. The van der Waals surface area contributed by atoms with Gasteiger partial charge in [0.2, 0.25) is 0 Å². The lowest BCUT2D eigenvalue weighted by Gasteiger charge is -2.05. The minimum absolute atomic E-state index is 0.702. The molecule has 0 fully saturated rings. The fourth-order valence-corrected chi connectivity index (χ4v) is 0.850. The first-order chi connectivity index (χ1) is 5.46. The van der Waals surface area contributed by atoms with Crippen LogP contribution < -0.4 is 11.5 Å². The quantitative estimate of drug-likeness (QED) is 0.492. The Balaban J connectivity index is 3.60. The molecule has 0 saturated heterocycles. The molecule has 6 heteroatoms. The average Bonchev–Trinajstić information content (AvgIpc) is 2.08. The van der Waals surface area contributed by atoms with E-state index in [4.69, 9.17) is 23.1 Å². The number of rotatable bonds is 0. The van der Waals surface area contributed by atoms with Gasteiger partial charge in [0.15, 0.2) is 17.5 Å². The summed E-state index contributed by atoms with van der Waals surface area (Å²) in [6, 6.07) is 0. The summed E-state index contributed by atoms with van der Waals surface area (Å²) in [4.78, 5) is 0. The van der Waals surface area contributed by atoms with Gasteiger partial charge >= 0.3 is 0 Å². The third kappa shape index (κ3) is 1.06. The lowest BCUT2D eigenvalue weighted by molar-refractivity contribution is 0.504. The van der Waals surface area contributed by atoms with Gasteiger partial charge in [0.1, 0.15) is 10.7 Å². The summed E-state index contributed by atoms with van der Waals surface area (Å²) in [5.41, 5.74) is 7.99. The summed E-state index contributed by atoms with van der Waals surface area (Å²) in [7, 11) is 0. The maximum absolute atomic E-state index is 12.7. The van der Waals surface area contributed by atoms with E-state index in [9.17, 15) is 13.2 Å². The van der Waals surface area contributed by atoms with Gasteiger partial charge in [-0.1, -0.05) is 11.6 Å². The Hall–Kier alpha value is -1.10. The minimum atomic E-state index is -1.52. The zero-order valence-corrected chi connectivity index (χ0v) is 6.42. The number of benzene rings is 1. The molecule has 0 unspecified atom stereocenters. The van der Waals surface area contributed by atoms with Crippen molar-refractivity contribution in [2.24, 2.45) is 0 Å². The molecule has 0 amide bonds. The molecule has 66 valence electrons. The number of hydrogen-bond acceptors (Lipinski definition) is 2. The molecule has 1 rings (SSSR count). The van der Waals surface area contributed by atoms with Crippen molar-refractivity contribution in [3.05, 3.63) is 22.5 Å². The van der Waals surface area contributed by atoms with E-state index in [0.717, 1.165) is 0 Å². The number of nitrogen functional groups attached to an aromatic ring is 2. The fourth-order valence-electron chi connectivity index (χ4n) is 0.666. The predicted octanol–water partition coefficient (Wildman–Crippen LogP) is 1.92. The second-order valence-corrected chi connectivity index (χ2v) is 2.46. The third-order valence-corrected chi connectivity index (χ3v) is 1.70. The van der Waals surface area contributed by atoms with Crippen LogP contribution in [0.2, 0.25) is 5.02 Å². The Morgan fingerprint density at radius 3 is 1.75 bits per heavy atom. The van der Waals surface area contributed by atoms with Gasteiger partial charge in [-0.15, -0.1) is 0 Å². The predicted molar refractivity (Wildman–Crippen MR) is 40.2 cm³/mol. The Morgan fingerprint density at radius 1 is 0.833 bits per heavy atom. The normalized spacial score (nSPS) is 10.3. The van der Waals surface area contributed by atoms with E-state index >= 15 is 0 Å². The van der Waals surface area contributed by atoms with Crippen LogP contribution in [-0.4, -0.2) is 0 Å².